The Kier molecular flexibility index (Phi) is 13.9. The van der Waals surface area contributed by atoms with E-state index in [2.05, 4.69) is 0 Å². The van der Waals surface area contributed by atoms with Crippen molar-refractivity contribution in [1.29, 1.82) is 0 Å². The Morgan fingerprint density at radius 1 is 1.62 bits per heavy atom. The maximum Gasteiger partial charge on any atom is 0.332 e. The second kappa shape index (κ2) is 7.08. The van der Waals surface area contributed by atoms with E-state index in [9.17, 15) is 4.79 Å². The molecular formula is C3H9NO3Pt. The van der Waals surface area contributed by atoms with Crippen LogP contribution in [-0.2, 0) is 25.9 Å². The summed E-state index contributed by atoms with van der Waals surface area (Å²) in [5.74, 6) is -1.19. The van der Waals surface area contributed by atoms with Gasteiger partial charge in [-0.3, -0.25) is 0 Å². The fourth-order valence-electron chi connectivity index (χ4n) is 0. The summed E-state index contributed by atoms with van der Waals surface area (Å²) in [6.45, 7) is 1.20. The molecule has 0 aromatic rings. The minimum absolute atomic E-state index is 0. The summed E-state index contributed by atoms with van der Waals surface area (Å²) in [4.78, 5) is 9.45. The van der Waals surface area contributed by atoms with Gasteiger partial charge in [-0.2, -0.15) is 0 Å². The van der Waals surface area contributed by atoms with Gasteiger partial charge in [-0.25, -0.2) is 4.79 Å². The smallest absolute Gasteiger partial charge is 0.332 e. The average molecular weight is 302 g/mol. The number of hydrogen-bond acceptors (Lipinski definition) is 3. The van der Waals surface area contributed by atoms with Crippen molar-refractivity contribution in [3.63, 3.8) is 0 Å². The van der Waals surface area contributed by atoms with Gasteiger partial charge in [0.05, 0.1) is 0 Å². The minimum atomic E-state index is -1.23. The van der Waals surface area contributed by atoms with Gasteiger partial charge in [-0.15, -0.1) is 0 Å². The fourth-order valence-corrected chi connectivity index (χ4v) is 0. The molecule has 0 rings (SSSR count). The van der Waals surface area contributed by atoms with Crippen LogP contribution in [0.5, 0.6) is 0 Å². The molecule has 5 heteroatoms. The van der Waals surface area contributed by atoms with Crippen molar-refractivity contribution in [2.24, 2.45) is 0 Å². The first-order chi connectivity index (χ1) is 2.64. The van der Waals surface area contributed by atoms with Crippen LogP contribution in [-0.4, -0.2) is 22.3 Å². The summed E-state index contributed by atoms with van der Waals surface area (Å²) in [5, 5.41) is 15.8. The molecule has 0 saturated carbocycles. The Morgan fingerprint density at radius 3 is 1.75 bits per heavy atom. The van der Waals surface area contributed by atoms with Gasteiger partial charge in [0.2, 0.25) is 0 Å². The molecule has 5 N–H and O–H groups in total. The zero-order chi connectivity index (χ0) is 5.15. The van der Waals surface area contributed by atoms with Crippen LogP contribution in [0.25, 0.3) is 0 Å². The average Bonchev–Trinajstić information content (AvgIpc) is 1.36. The molecule has 0 radical (unpaired) electrons. The fraction of sp³-hybridized carbons (Fsp3) is 0.667. The second-order valence-electron chi connectivity index (χ2n) is 1.01. The number of carbonyl (C=O) groups is 1. The van der Waals surface area contributed by atoms with E-state index in [1.165, 1.54) is 6.92 Å². The maximum absolute atomic E-state index is 9.45. The first kappa shape index (κ1) is 15.7. The molecule has 0 aliphatic heterocycles. The van der Waals surface area contributed by atoms with Gasteiger partial charge in [0.15, 0.2) is 0 Å². The van der Waals surface area contributed by atoms with Gasteiger partial charge in [0.25, 0.3) is 0 Å². The molecule has 0 amide bonds. The number of carboxylic acids is 1. The molecule has 0 aromatic carbocycles. The molecule has 8 heavy (non-hydrogen) atoms. The van der Waals surface area contributed by atoms with Crippen molar-refractivity contribution in [1.82, 2.24) is 6.15 Å². The Hall–Kier alpha value is 0.0783. The number of aliphatic hydroxyl groups excluding tert-OH is 1. The summed E-state index contributed by atoms with van der Waals surface area (Å²) >= 11 is 0. The molecule has 0 heterocycles. The number of hydrogen-bond donors (Lipinski definition) is 3. The Balaban J connectivity index is -0.000000125. The van der Waals surface area contributed by atoms with Gasteiger partial charge in [-0.1, -0.05) is 0 Å². The van der Waals surface area contributed by atoms with Crippen molar-refractivity contribution < 1.29 is 36.1 Å². The molecule has 0 fully saturated rings. The molecule has 0 spiro atoms. The molecule has 0 saturated heterocycles. The number of rotatable bonds is 1. The van der Waals surface area contributed by atoms with Gasteiger partial charge in [0.1, 0.15) is 6.10 Å². The molecule has 54 valence electrons. The van der Waals surface area contributed by atoms with E-state index in [-0.39, 0.29) is 27.2 Å². The predicted octanol–water partition coefficient (Wildman–Crippen LogP) is -0.389. The maximum atomic E-state index is 9.45. The van der Waals surface area contributed by atoms with E-state index in [4.69, 9.17) is 10.2 Å². The van der Waals surface area contributed by atoms with Crippen LogP contribution >= 0.6 is 0 Å². The van der Waals surface area contributed by atoms with Crippen LogP contribution in [0.15, 0.2) is 0 Å². The van der Waals surface area contributed by atoms with E-state index >= 15 is 0 Å². The Labute approximate surface area is 61.7 Å². The SMILES string of the molecule is CC(O)C(=O)O.N.[Pt]. The number of aliphatic hydroxyl groups is 1. The van der Waals surface area contributed by atoms with Gasteiger partial charge in [-0.05, 0) is 6.92 Å². The monoisotopic (exact) mass is 302 g/mol. The van der Waals surface area contributed by atoms with Gasteiger partial charge < -0.3 is 16.4 Å². The molecule has 0 aromatic heterocycles. The van der Waals surface area contributed by atoms with Crippen molar-refractivity contribution in [3.8, 4) is 0 Å². The van der Waals surface area contributed by atoms with Crippen molar-refractivity contribution in [2.45, 2.75) is 13.0 Å². The van der Waals surface area contributed by atoms with Gasteiger partial charge in [0, 0.05) is 21.1 Å². The Bertz CT molecular complexity index is 65.5. The molecular weight excluding hydrogens is 293 g/mol. The summed E-state index contributed by atoms with van der Waals surface area (Å²) in [7, 11) is 0. The topological polar surface area (TPSA) is 92.5 Å². The third-order valence-electron chi connectivity index (χ3n) is 0.357. The largest absolute Gasteiger partial charge is 0.479 e. The zero-order valence-electron chi connectivity index (χ0n) is 4.40. The van der Waals surface area contributed by atoms with Gasteiger partial charge >= 0.3 is 5.97 Å². The van der Waals surface area contributed by atoms with E-state index in [0.717, 1.165) is 0 Å². The summed E-state index contributed by atoms with van der Waals surface area (Å²) in [6.07, 6.45) is -1.23. The van der Waals surface area contributed by atoms with E-state index in [1.54, 1.807) is 0 Å². The van der Waals surface area contributed by atoms with Crippen LogP contribution in [0, 0.1) is 0 Å². The molecule has 4 nitrogen and oxygen atoms in total. The van der Waals surface area contributed by atoms with E-state index < -0.39 is 12.1 Å². The summed E-state index contributed by atoms with van der Waals surface area (Å²) in [6, 6.07) is 0. The van der Waals surface area contributed by atoms with Crippen LogP contribution in [0.1, 0.15) is 6.92 Å². The second-order valence-corrected chi connectivity index (χ2v) is 1.01. The Morgan fingerprint density at radius 2 is 1.75 bits per heavy atom. The third kappa shape index (κ3) is 9.42. The van der Waals surface area contributed by atoms with Crippen LogP contribution in [0.4, 0.5) is 0 Å². The molecule has 0 bridgehead atoms. The normalized spacial score (nSPS) is 10.2. The van der Waals surface area contributed by atoms with Crippen molar-refractivity contribution >= 4 is 5.97 Å². The molecule has 1 atom stereocenters. The van der Waals surface area contributed by atoms with E-state index in [0.29, 0.717) is 0 Å². The van der Waals surface area contributed by atoms with Crippen molar-refractivity contribution in [3.05, 3.63) is 0 Å². The quantitative estimate of drug-likeness (QED) is 0.615. The minimum Gasteiger partial charge on any atom is -0.479 e. The molecule has 0 aliphatic carbocycles. The number of aliphatic carboxylic acids is 1. The standard InChI is InChI=1S/C3H6O3.H3N.Pt/c1-2(4)3(5)6;;/h2,4H,1H3,(H,5,6);1H3;. The summed E-state index contributed by atoms with van der Waals surface area (Å²) < 4.78 is 0. The predicted molar refractivity (Wildman–Crippen MR) is 24.3 cm³/mol. The van der Waals surface area contributed by atoms with Crippen LogP contribution < -0.4 is 6.15 Å². The number of carboxylic acid groups (broad SMARTS) is 1. The summed E-state index contributed by atoms with van der Waals surface area (Å²) in [5.41, 5.74) is 0. The third-order valence-corrected chi connectivity index (χ3v) is 0.357. The van der Waals surface area contributed by atoms with Crippen LogP contribution in [0.3, 0.4) is 0 Å². The molecule has 1 unspecified atom stereocenters. The van der Waals surface area contributed by atoms with E-state index in [1.807, 2.05) is 0 Å². The first-order valence-electron chi connectivity index (χ1n) is 1.55. The molecule has 0 aliphatic rings. The van der Waals surface area contributed by atoms with Crippen molar-refractivity contribution in [2.75, 3.05) is 0 Å². The van der Waals surface area contributed by atoms with Crippen LogP contribution in [0.2, 0.25) is 0 Å². The zero-order valence-corrected chi connectivity index (χ0v) is 6.68. The first-order valence-corrected chi connectivity index (χ1v) is 1.55.